The van der Waals surface area contributed by atoms with Gasteiger partial charge in [0.05, 0.1) is 6.20 Å². The largest absolute Gasteiger partial charge is 0.386 e. The molecule has 0 aliphatic heterocycles. The van der Waals surface area contributed by atoms with Crippen LogP contribution in [0.25, 0.3) is 0 Å². The fourth-order valence-electron chi connectivity index (χ4n) is 1.64. The maximum absolute atomic E-state index is 5.55. The summed E-state index contributed by atoms with van der Waals surface area (Å²) in [4.78, 5) is 18.6. The molecular formula is C17H30N4O2S2. The number of hydrogen-bond acceptors (Lipinski definition) is 6. The van der Waals surface area contributed by atoms with E-state index in [1.807, 2.05) is 5.37 Å². The molecule has 1 saturated carbocycles. The molecule has 0 spiro atoms. The Labute approximate surface area is 161 Å². The van der Waals surface area contributed by atoms with Gasteiger partial charge >= 0.3 is 6.01 Å². The summed E-state index contributed by atoms with van der Waals surface area (Å²) in [6.07, 6.45) is 5.12. The van der Waals surface area contributed by atoms with Crippen LogP contribution in [0, 0.1) is 10.8 Å². The highest BCUT2D eigenvalue weighted by Crippen LogP contribution is 2.42. The molecule has 0 saturated heterocycles. The molecule has 1 fully saturated rings. The van der Waals surface area contributed by atoms with E-state index in [0.717, 1.165) is 11.4 Å². The normalized spacial score (nSPS) is 15.0. The third-order valence-electron chi connectivity index (χ3n) is 4.11. The lowest BCUT2D eigenvalue weighted by Crippen LogP contribution is -2.38. The highest BCUT2D eigenvalue weighted by atomic mass is 32.1. The van der Waals surface area contributed by atoms with E-state index in [9.17, 15) is 0 Å². The van der Waals surface area contributed by atoms with Crippen molar-refractivity contribution in [1.29, 1.82) is 0 Å². The van der Waals surface area contributed by atoms with Crippen molar-refractivity contribution in [3.63, 3.8) is 0 Å². The predicted molar refractivity (Wildman–Crippen MR) is 109 cm³/mol. The molecule has 0 amide bonds. The Hall–Kier alpha value is -1.25. The van der Waals surface area contributed by atoms with Gasteiger partial charge in [-0.3, -0.25) is 4.98 Å². The SMILES string of the molecule is CC1(C=S)CC1.CCC(C)(C)C(=S)N(C)Oc1ncc(ON(C)C)[nH]1. The number of hydrogen-bond donors (Lipinski definition) is 1. The van der Waals surface area contributed by atoms with E-state index >= 15 is 0 Å². The summed E-state index contributed by atoms with van der Waals surface area (Å²) in [5, 5.41) is 5.00. The number of nitrogens with zero attached hydrogens (tertiary/aromatic N) is 3. The lowest BCUT2D eigenvalue weighted by atomic mass is 9.90. The molecule has 25 heavy (non-hydrogen) atoms. The summed E-state index contributed by atoms with van der Waals surface area (Å²) in [6, 6.07) is 0.341. The number of aromatic amines is 1. The molecule has 0 bridgehead atoms. The molecule has 6 nitrogen and oxygen atoms in total. The first-order chi connectivity index (χ1) is 11.5. The van der Waals surface area contributed by atoms with E-state index in [0.29, 0.717) is 17.3 Å². The van der Waals surface area contributed by atoms with Crippen LogP contribution in [0.2, 0.25) is 0 Å². The third kappa shape index (κ3) is 7.25. The molecule has 142 valence electrons. The molecule has 0 radical (unpaired) electrons. The van der Waals surface area contributed by atoms with E-state index in [2.05, 4.69) is 37.7 Å². The number of rotatable bonds is 7. The lowest BCUT2D eigenvalue weighted by Gasteiger charge is -2.29. The number of hydroxylamine groups is 4. The van der Waals surface area contributed by atoms with Crippen molar-refractivity contribution in [1.82, 2.24) is 20.1 Å². The van der Waals surface area contributed by atoms with E-state index in [1.54, 1.807) is 37.5 Å². The second kappa shape index (κ2) is 8.91. The molecular weight excluding hydrogens is 356 g/mol. The molecule has 0 atom stereocenters. The minimum Gasteiger partial charge on any atom is -0.386 e. The van der Waals surface area contributed by atoms with Gasteiger partial charge in [-0.25, -0.2) is 5.06 Å². The van der Waals surface area contributed by atoms with E-state index in [1.165, 1.54) is 12.8 Å². The molecule has 1 aromatic rings. The molecule has 0 unspecified atom stereocenters. The van der Waals surface area contributed by atoms with Crippen LogP contribution < -0.4 is 9.68 Å². The first-order valence-corrected chi connectivity index (χ1v) is 9.24. The maximum Gasteiger partial charge on any atom is 0.323 e. The van der Waals surface area contributed by atoms with Crippen molar-refractivity contribution in [2.75, 3.05) is 21.1 Å². The van der Waals surface area contributed by atoms with Crippen LogP contribution in [0.5, 0.6) is 11.9 Å². The van der Waals surface area contributed by atoms with Gasteiger partial charge in [0.1, 0.15) is 4.99 Å². The zero-order valence-corrected chi connectivity index (χ0v) is 17.9. The summed E-state index contributed by atoms with van der Waals surface area (Å²) in [6.45, 7) is 8.45. The summed E-state index contributed by atoms with van der Waals surface area (Å²) in [7, 11) is 5.34. The van der Waals surface area contributed by atoms with Crippen LogP contribution in [-0.4, -0.2) is 51.6 Å². The van der Waals surface area contributed by atoms with Crippen molar-refractivity contribution < 1.29 is 9.68 Å². The highest BCUT2D eigenvalue weighted by molar-refractivity contribution is 7.80. The molecule has 1 heterocycles. The molecule has 1 aliphatic carbocycles. The Balaban J connectivity index is 0.000000435. The van der Waals surface area contributed by atoms with Crippen molar-refractivity contribution in [3.8, 4) is 11.9 Å². The molecule has 8 heteroatoms. The Kier molecular flexibility index (Phi) is 7.77. The van der Waals surface area contributed by atoms with E-state index in [4.69, 9.17) is 34.1 Å². The van der Waals surface area contributed by atoms with Gasteiger partial charge in [0.15, 0.2) is 0 Å². The van der Waals surface area contributed by atoms with Gasteiger partial charge in [-0.05, 0) is 30.0 Å². The summed E-state index contributed by atoms with van der Waals surface area (Å²) in [5.74, 6) is 0.508. The number of thiocarbonyl (C=S) groups is 2. The second-order valence-corrected chi connectivity index (χ2v) is 7.98. The van der Waals surface area contributed by atoms with E-state index in [-0.39, 0.29) is 5.41 Å². The van der Waals surface area contributed by atoms with Crippen LogP contribution in [-0.2, 0) is 0 Å². The number of nitrogens with one attached hydrogen (secondary N) is 1. The van der Waals surface area contributed by atoms with Crippen LogP contribution in [0.1, 0.15) is 47.0 Å². The average molecular weight is 387 g/mol. The average Bonchev–Trinajstić information content (AvgIpc) is 3.15. The number of aromatic nitrogens is 2. The van der Waals surface area contributed by atoms with Crippen molar-refractivity contribution >= 4 is 34.8 Å². The molecule has 0 aromatic carbocycles. The van der Waals surface area contributed by atoms with Crippen molar-refractivity contribution in [2.24, 2.45) is 10.8 Å². The first-order valence-electron chi connectivity index (χ1n) is 8.36. The molecule has 1 aromatic heterocycles. The molecule has 1 N–H and O–H groups in total. The van der Waals surface area contributed by atoms with Gasteiger partial charge in [-0.2, -0.15) is 4.98 Å². The monoisotopic (exact) mass is 386 g/mol. The zero-order valence-electron chi connectivity index (χ0n) is 16.3. The summed E-state index contributed by atoms with van der Waals surface area (Å²) in [5.41, 5.74) is 0.384. The van der Waals surface area contributed by atoms with Gasteiger partial charge in [-0.1, -0.05) is 52.1 Å². The van der Waals surface area contributed by atoms with Crippen molar-refractivity contribution in [2.45, 2.75) is 47.0 Å². The van der Waals surface area contributed by atoms with Gasteiger partial charge in [0, 0.05) is 26.6 Å². The summed E-state index contributed by atoms with van der Waals surface area (Å²) < 4.78 is 0. The number of imidazole rings is 1. The quantitative estimate of drug-likeness (QED) is 0.560. The Bertz CT molecular complexity index is 583. The first kappa shape index (κ1) is 21.8. The fourth-order valence-corrected chi connectivity index (χ4v) is 2.06. The van der Waals surface area contributed by atoms with Gasteiger partial charge in [0.2, 0.25) is 5.88 Å². The van der Waals surface area contributed by atoms with Crippen LogP contribution >= 0.6 is 24.4 Å². The minimum absolute atomic E-state index is 0.0976. The topological polar surface area (TPSA) is 53.6 Å². The summed E-state index contributed by atoms with van der Waals surface area (Å²) >= 11 is 10.1. The lowest BCUT2D eigenvalue weighted by molar-refractivity contribution is -0.0102. The van der Waals surface area contributed by atoms with Gasteiger partial charge < -0.3 is 9.68 Å². The Morgan fingerprint density at radius 2 is 1.96 bits per heavy atom. The van der Waals surface area contributed by atoms with Crippen LogP contribution in [0.3, 0.4) is 0 Å². The highest BCUT2D eigenvalue weighted by Gasteiger charge is 2.34. The van der Waals surface area contributed by atoms with E-state index < -0.39 is 0 Å². The second-order valence-electron chi connectivity index (χ2n) is 7.36. The minimum atomic E-state index is -0.0976. The zero-order chi connectivity index (χ0) is 19.3. The standard InChI is InChI=1S/C12H22N4O2S.C5H8S/c1-7-12(2,3)10(19)16(6)18-11-13-8-9(14-11)17-15(4)5;1-5(4-6)2-3-5/h8H,7H2,1-6H3,(H,13,14);4H,2-3H2,1H3. The predicted octanol–water partition coefficient (Wildman–Crippen LogP) is 4.04. The van der Waals surface area contributed by atoms with Gasteiger partial charge in [-0.15, -0.1) is 5.06 Å². The maximum atomic E-state index is 5.55. The molecule has 2 rings (SSSR count). The fraction of sp³-hybridized carbons (Fsp3) is 0.706. The van der Waals surface area contributed by atoms with Crippen molar-refractivity contribution in [3.05, 3.63) is 6.20 Å². The number of H-pyrrole nitrogens is 1. The Morgan fingerprint density at radius 3 is 2.36 bits per heavy atom. The van der Waals surface area contributed by atoms with Crippen LogP contribution in [0.4, 0.5) is 0 Å². The van der Waals surface area contributed by atoms with Crippen LogP contribution in [0.15, 0.2) is 6.20 Å². The third-order valence-corrected chi connectivity index (χ3v) is 5.48. The molecule has 1 aliphatic rings. The smallest absolute Gasteiger partial charge is 0.323 e. The Morgan fingerprint density at radius 1 is 1.36 bits per heavy atom. The van der Waals surface area contributed by atoms with Gasteiger partial charge in [0.25, 0.3) is 0 Å².